The highest BCUT2D eigenvalue weighted by atomic mass is 79.9. The monoisotopic (exact) mass is 296 g/mol. The molecule has 1 N–H and O–H groups in total. The van der Waals surface area contributed by atoms with E-state index in [4.69, 9.17) is 0 Å². The van der Waals surface area contributed by atoms with Crippen molar-refractivity contribution < 1.29 is 0 Å². The second kappa shape index (κ2) is 5.09. The van der Waals surface area contributed by atoms with Crippen LogP contribution in [-0.2, 0) is 0 Å². The molecule has 1 aromatic carbocycles. The first-order valence-electron chi connectivity index (χ1n) is 6.24. The Balaban J connectivity index is 2.18. The molecule has 1 heterocycles. The summed E-state index contributed by atoms with van der Waals surface area (Å²) in [6, 6.07) is 9.15. The molecule has 1 aromatic rings. The van der Waals surface area contributed by atoms with E-state index in [0.29, 0.717) is 6.04 Å². The second-order valence-corrected chi connectivity index (χ2v) is 6.33. The number of nitrogens with one attached hydrogen (secondary N) is 1. The molecule has 0 aliphatic carbocycles. The number of benzene rings is 1. The number of rotatable bonds is 2. The third-order valence-electron chi connectivity index (χ3n) is 3.68. The van der Waals surface area contributed by atoms with E-state index in [1.165, 1.54) is 5.56 Å². The molecule has 1 unspecified atom stereocenters. The minimum absolute atomic E-state index is 0.227. The molecule has 0 saturated carbocycles. The fourth-order valence-electron chi connectivity index (χ4n) is 2.64. The van der Waals surface area contributed by atoms with Crippen LogP contribution in [0.5, 0.6) is 0 Å². The maximum absolute atomic E-state index is 3.49. The zero-order valence-corrected chi connectivity index (χ0v) is 12.4. The van der Waals surface area contributed by atoms with Gasteiger partial charge in [0.1, 0.15) is 0 Å². The van der Waals surface area contributed by atoms with Crippen LogP contribution < -0.4 is 5.32 Å². The molecule has 1 aliphatic rings. The average Bonchev–Trinajstić information content (AvgIpc) is 2.28. The number of hydrogen-bond acceptors (Lipinski definition) is 2. The predicted molar refractivity (Wildman–Crippen MR) is 76.2 cm³/mol. The van der Waals surface area contributed by atoms with Gasteiger partial charge in [-0.25, -0.2) is 0 Å². The van der Waals surface area contributed by atoms with Gasteiger partial charge in [0, 0.05) is 35.7 Å². The van der Waals surface area contributed by atoms with E-state index in [9.17, 15) is 0 Å². The van der Waals surface area contributed by atoms with Gasteiger partial charge in [-0.1, -0.05) is 28.1 Å². The number of nitrogens with zero attached hydrogens (tertiary/aromatic N) is 1. The fraction of sp³-hybridized carbons (Fsp3) is 0.571. The van der Waals surface area contributed by atoms with Gasteiger partial charge in [0.05, 0.1) is 0 Å². The molecule has 1 fully saturated rings. The lowest BCUT2D eigenvalue weighted by molar-refractivity contribution is 0.0516. The maximum atomic E-state index is 3.49. The van der Waals surface area contributed by atoms with Gasteiger partial charge in [0.15, 0.2) is 0 Å². The Hall–Kier alpha value is -0.380. The zero-order valence-electron chi connectivity index (χ0n) is 10.8. The Morgan fingerprint density at radius 3 is 2.53 bits per heavy atom. The van der Waals surface area contributed by atoms with Gasteiger partial charge >= 0.3 is 0 Å². The predicted octanol–water partition coefficient (Wildman–Crippen LogP) is 3.19. The minimum Gasteiger partial charge on any atom is -0.314 e. The summed E-state index contributed by atoms with van der Waals surface area (Å²) in [5, 5.41) is 3.47. The van der Waals surface area contributed by atoms with Crippen LogP contribution in [0.3, 0.4) is 0 Å². The lowest BCUT2D eigenvalue weighted by Crippen LogP contribution is -2.58. The molecule has 1 saturated heterocycles. The number of piperazine rings is 1. The average molecular weight is 297 g/mol. The first-order valence-corrected chi connectivity index (χ1v) is 7.03. The maximum Gasteiger partial charge on any atom is 0.0326 e. The van der Waals surface area contributed by atoms with Crippen molar-refractivity contribution in [3.63, 3.8) is 0 Å². The van der Waals surface area contributed by atoms with Crippen molar-refractivity contribution in [3.8, 4) is 0 Å². The van der Waals surface area contributed by atoms with Crippen LogP contribution in [0.2, 0.25) is 0 Å². The standard InChI is InChI=1S/C14H21BrN2/c1-11(12-4-6-13(15)7-5-12)17-9-8-16-10-14(17,2)3/h4-7,11,16H,8-10H2,1-3H3. The molecular formula is C14H21BrN2. The summed E-state index contributed by atoms with van der Waals surface area (Å²) in [5.74, 6) is 0. The Bertz CT molecular complexity index is 372. The van der Waals surface area contributed by atoms with Crippen LogP contribution in [0, 0.1) is 0 Å². The zero-order chi connectivity index (χ0) is 12.5. The van der Waals surface area contributed by atoms with Gasteiger partial charge in [0.2, 0.25) is 0 Å². The molecule has 3 heteroatoms. The second-order valence-electron chi connectivity index (χ2n) is 5.41. The Morgan fingerprint density at radius 2 is 1.94 bits per heavy atom. The molecule has 2 rings (SSSR count). The smallest absolute Gasteiger partial charge is 0.0326 e. The van der Waals surface area contributed by atoms with Crippen molar-refractivity contribution in [2.45, 2.75) is 32.4 Å². The lowest BCUT2D eigenvalue weighted by Gasteiger charge is -2.46. The summed E-state index contributed by atoms with van der Waals surface area (Å²) in [6.07, 6.45) is 0. The van der Waals surface area contributed by atoms with Gasteiger partial charge in [-0.2, -0.15) is 0 Å². The van der Waals surface area contributed by atoms with Crippen molar-refractivity contribution >= 4 is 15.9 Å². The number of hydrogen-bond donors (Lipinski definition) is 1. The molecular weight excluding hydrogens is 276 g/mol. The summed E-state index contributed by atoms with van der Waals surface area (Å²) in [4.78, 5) is 2.59. The van der Waals surface area contributed by atoms with Gasteiger partial charge in [-0.15, -0.1) is 0 Å². The van der Waals surface area contributed by atoms with Crippen LogP contribution in [0.25, 0.3) is 0 Å². The van der Waals surface area contributed by atoms with Crippen molar-refractivity contribution in [2.24, 2.45) is 0 Å². The summed E-state index contributed by atoms with van der Waals surface area (Å²) >= 11 is 3.49. The van der Waals surface area contributed by atoms with E-state index in [2.05, 4.69) is 71.2 Å². The third kappa shape index (κ3) is 2.90. The Morgan fingerprint density at radius 1 is 1.29 bits per heavy atom. The summed E-state index contributed by atoms with van der Waals surface area (Å²) in [6.45, 7) is 10.2. The van der Waals surface area contributed by atoms with Crippen LogP contribution in [-0.4, -0.2) is 30.1 Å². The summed E-state index contributed by atoms with van der Waals surface area (Å²) < 4.78 is 1.15. The van der Waals surface area contributed by atoms with Gasteiger partial charge in [0.25, 0.3) is 0 Å². The molecule has 0 aromatic heterocycles. The van der Waals surface area contributed by atoms with E-state index >= 15 is 0 Å². The van der Waals surface area contributed by atoms with Crippen LogP contribution in [0.4, 0.5) is 0 Å². The molecule has 2 nitrogen and oxygen atoms in total. The van der Waals surface area contributed by atoms with E-state index in [0.717, 1.165) is 24.1 Å². The minimum atomic E-state index is 0.227. The van der Waals surface area contributed by atoms with E-state index in [1.54, 1.807) is 0 Å². The number of halogens is 1. The molecule has 1 aliphatic heterocycles. The topological polar surface area (TPSA) is 15.3 Å². The lowest BCUT2D eigenvalue weighted by atomic mass is 9.95. The highest BCUT2D eigenvalue weighted by Crippen LogP contribution is 2.29. The normalized spacial score (nSPS) is 22.4. The van der Waals surface area contributed by atoms with Gasteiger partial charge < -0.3 is 5.32 Å². The Kier molecular flexibility index (Phi) is 3.91. The van der Waals surface area contributed by atoms with Crippen LogP contribution >= 0.6 is 15.9 Å². The van der Waals surface area contributed by atoms with Gasteiger partial charge in [-0.05, 0) is 38.5 Å². The third-order valence-corrected chi connectivity index (χ3v) is 4.21. The summed E-state index contributed by atoms with van der Waals surface area (Å²) in [7, 11) is 0. The van der Waals surface area contributed by atoms with E-state index in [-0.39, 0.29) is 5.54 Å². The fourth-order valence-corrected chi connectivity index (χ4v) is 2.90. The molecule has 0 bridgehead atoms. The van der Waals surface area contributed by atoms with Gasteiger partial charge in [-0.3, -0.25) is 4.90 Å². The molecule has 1 atom stereocenters. The van der Waals surface area contributed by atoms with Crippen molar-refractivity contribution in [1.82, 2.24) is 10.2 Å². The van der Waals surface area contributed by atoms with Crippen molar-refractivity contribution in [1.29, 1.82) is 0 Å². The van der Waals surface area contributed by atoms with Crippen molar-refractivity contribution in [2.75, 3.05) is 19.6 Å². The SMILES string of the molecule is CC(c1ccc(Br)cc1)N1CCNCC1(C)C. The molecule has 0 spiro atoms. The Labute approximate surface area is 113 Å². The largest absolute Gasteiger partial charge is 0.314 e. The molecule has 17 heavy (non-hydrogen) atoms. The van der Waals surface area contributed by atoms with E-state index < -0.39 is 0 Å². The quantitative estimate of drug-likeness (QED) is 0.902. The molecule has 94 valence electrons. The van der Waals surface area contributed by atoms with Crippen LogP contribution in [0.15, 0.2) is 28.7 Å². The first kappa shape index (κ1) is 13.1. The van der Waals surface area contributed by atoms with E-state index in [1.807, 2.05) is 0 Å². The molecule has 0 amide bonds. The summed E-state index contributed by atoms with van der Waals surface area (Å²) in [5.41, 5.74) is 1.62. The highest BCUT2D eigenvalue weighted by molar-refractivity contribution is 9.10. The van der Waals surface area contributed by atoms with Crippen LogP contribution in [0.1, 0.15) is 32.4 Å². The first-order chi connectivity index (χ1) is 8.00. The molecule has 0 radical (unpaired) electrons. The van der Waals surface area contributed by atoms with Crippen molar-refractivity contribution in [3.05, 3.63) is 34.3 Å². The highest BCUT2D eigenvalue weighted by Gasteiger charge is 2.33.